The van der Waals surface area contributed by atoms with Crippen LogP contribution in [0.4, 0.5) is 0 Å². The molecule has 33 heavy (non-hydrogen) atoms. The summed E-state index contributed by atoms with van der Waals surface area (Å²) in [6.45, 7) is 12.3. The van der Waals surface area contributed by atoms with Gasteiger partial charge in [-0.05, 0) is 32.4 Å². The molecule has 2 aliphatic rings. The number of carbonyl (C=O) groups excluding carboxylic acids is 3. The zero-order chi connectivity index (χ0) is 25.1. The van der Waals surface area contributed by atoms with Crippen LogP contribution >= 0.6 is 0 Å². The van der Waals surface area contributed by atoms with Gasteiger partial charge in [0.25, 0.3) is 0 Å². The van der Waals surface area contributed by atoms with Crippen molar-refractivity contribution in [3.05, 3.63) is 34.9 Å². The standard InChI is InChI=1S/C20H27N3O5.C2H4O.C2H6/c1-11-5-6-15-16(7-12(11)2)23(10-22-15)19-8-17(26-13(3)24)20(27-14(4)25)18(9-21)28-19;1-2-3;1-2/h5,7,10,17-20H,6,8-9,21H2,1-4H3;2H,1H3;1-2H3/t17?,18?,19?,20-;;/m0../s1. The smallest absolute Gasteiger partial charge is 0.303 e. The number of fused-ring (bicyclic) bond motifs is 1. The Morgan fingerprint density at radius 3 is 2.36 bits per heavy atom. The van der Waals surface area contributed by atoms with Gasteiger partial charge in [-0.15, -0.1) is 0 Å². The number of aromatic nitrogens is 2. The summed E-state index contributed by atoms with van der Waals surface area (Å²) in [5.74, 6) is -0.919. The third-order valence-corrected chi connectivity index (χ3v) is 5.15. The molecule has 0 bridgehead atoms. The molecule has 0 amide bonds. The van der Waals surface area contributed by atoms with Crippen molar-refractivity contribution in [3.8, 4) is 0 Å². The van der Waals surface area contributed by atoms with Crippen molar-refractivity contribution in [2.75, 3.05) is 6.54 Å². The molecule has 3 unspecified atom stereocenters. The predicted octanol–water partition coefficient (Wildman–Crippen LogP) is 3.13. The van der Waals surface area contributed by atoms with Crippen LogP contribution in [0.1, 0.15) is 72.5 Å². The first-order valence-electron chi connectivity index (χ1n) is 11.2. The topological polar surface area (TPSA) is 123 Å². The van der Waals surface area contributed by atoms with E-state index in [2.05, 4.69) is 31.0 Å². The second-order valence-corrected chi connectivity index (χ2v) is 7.46. The van der Waals surface area contributed by atoms with Gasteiger partial charge in [-0.1, -0.05) is 25.5 Å². The minimum absolute atomic E-state index is 0.124. The van der Waals surface area contributed by atoms with Crippen molar-refractivity contribution >= 4 is 24.3 Å². The fourth-order valence-corrected chi connectivity index (χ4v) is 3.63. The number of carbonyl (C=O) groups is 3. The van der Waals surface area contributed by atoms with Gasteiger partial charge in [-0.2, -0.15) is 0 Å². The summed E-state index contributed by atoms with van der Waals surface area (Å²) in [7, 11) is 0. The lowest BCUT2D eigenvalue weighted by atomic mass is 9.99. The lowest BCUT2D eigenvalue weighted by molar-refractivity contribution is -0.216. The molecule has 0 aromatic carbocycles. The van der Waals surface area contributed by atoms with Gasteiger partial charge in [0.05, 0.1) is 17.7 Å². The van der Waals surface area contributed by atoms with Crippen LogP contribution in [0.3, 0.4) is 0 Å². The summed E-state index contributed by atoms with van der Waals surface area (Å²) < 4.78 is 18.9. The largest absolute Gasteiger partial charge is 0.458 e. The molecule has 2 heterocycles. The van der Waals surface area contributed by atoms with Crippen molar-refractivity contribution in [3.63, 3.8) is 0 Å². The van der Waals surface area contributed by atoms with Gasteiger partial charge >= 0.3 is 11.9 Å². The van der Waals surface area contributed by atoms with Gasteiger partial charge < -0.3 is 29.3 Å². The SMILES string of the molecule is CC.CC(=O)OC1CC(n2cnc3c2C=C(C)C(C)=CC3)OC(CN)[C@H]1OC(C)=O.CC=O. The summed E-state index contributed by atoms with van der Waals surface area (Å²) >= 11 is 0. The highest BCUT2D eigenvalue weighted by Gasteiger charge is 2.43. The Bertz CT molecular complexity index is 874. The number of nitrogens with two attached hydrogens (primary N) is 1. The highest BCUT2D eigenvalue weighted by Crippen LogP contribution is 2.34. The van der Waals surface area contributed by atoms with Crippen molar-refractivity contribution < 1.29 is 28.6 Å². The molecule has 1 aromatic rings. The second-order valence-electron chi connectivity index (χ2n) is 7.46. The third kappa shape index (κ3) is 7.64. The Morgan fingerprint density at radius 2 is 1.82 bits per heavy atom. The first-order valence-corrected chi connectivity index (χ1v) is 11.2. The van der Waals surface area contributed by atoms with Crippen molar-refractivity contribution in [2.45, 2.75) is 85.8 Å². The molecule has 1 saturated heterocycles. The van der Waals surface area contributed by atoms with E-state index in [-0.39, 0.29) is 6.54 Å². The molecule has 0 saturated carbocycles. The van der Waals surface area contributed by atoms with Gasteiger partial charge in [0.15, 0.2) is 6.10 Å². The number of hydrogen-bond donors (Lipinski definition) is 1. The van der Waals surface area contributed by atoms with Gasteiger partial charge in [0, 0.05) is 33.2 Å². The van der Waals surface area contributed by atoms with E-state index in [0.29, 0.717) is 6.42 Å². The molecule has 3 rings (SSSR count). The Hall–Kier alpha value is -2.78. The van der Waals surface area contributed by atoms with Gasteiger partial charge in [-0.25, -0.2) is 4.98 Å². The van der Waals surface area contributed by atoms with Crippen LogP contribution in [0.5, 0.6) is 0 Å². The van der Waals surface area contributed by atoms with E-state index in [0.717, 1.165) is 29.7 Å². The molecular weight excluding hydrogens is 426 g/mol. The monoisotopic (exact) mass is 463 g/mol. The normalized spacial score (nSPS) is 23.6. The van der Waals surface area contributed by atoms with E-state index >= 15 is 0 Å². The van der Waals surface area contributed by atoms with Crippen LogP contribution in [0.25, 0.3) is 6.08 Å². The molecule has 1 aliphatic heterocycles. The molecule has 0 radical (unpaired) electrons. The van der Waals surface area contributed by atoms with E-state index in [1.807, 2.05) is 18.4 Å². The maximum absolute atomic E-state index is 11.6. The zero-order valence-corrected chi connectivity index (χ0v) is 20.7. The van der Waals surface area contributed by atoms with E-state index in [1.54, 1.807) is 6.33 Å². The van der Waals surface area contributed by atoms with Gasteiger partial charge in [0.1, 0.15) is 24.7 Å². The number of allylic oxidation sites excluding steroid dienone is 3. The third-order valence-electron chi connectivity index (χ3n) is 5.15. The first-order chi connectivity index (χ1) is 15.7. The Morgan fingerprint density at radius 1 is 1.21 bits per heavy atom. The number of imidazole rings is 1. The highest BCUT2D eigenvalue weighted by molar-refractivity contribution is 5.67. The molecule has 0 spiro atoms. The molecule has 1 aromatic heterocycles. The van der Waals surface area contributed by atoms with Crippen molar-refractivity contribution in [1.29, 1.82) is 0 Å². The number of esters is 2. The fraction of sp³-hybridized carbons (Fsp3) is 0.583. The molecule has 9 heteroatoms. The quantitative estimate of drug-likeness (QED) is 0.534. The Labute approximate surface area is 196 Å². The maximum atomic E-state index is 11.6. The number of nitrogens with zero attached hydrogens (tertiary/aromatic N) is 2. The molecule has 4 atom stereocenters. The lowest BCUT2D eigenvalue weighted by Gasteiger charge is -2.40. The molecule has 184 valence electrons. The van der Waals surface area contributed by atoms with E-state index < -0.39 is 36.5 Å². The predicted molar refractivity (Wildman–Crippen MR) is 125 cm³/mol. The van der Waals surface area contributed by atoms with E-state index in [4.69, 9.17) is 24.7 Å². The number of aldehydes is 1. The molecule has 1 fully saturated rings. The fourth-order valence-electron chi connectivity index (χ4n) is 3.63. The maximum Gasteiger partial charge on any atom is 0.303 e. The first kappa shape index (κ1) is 28.3. The van der Waals surface area contributed by atoms with Crippen LogP contribution in [0, 0.1) is 0 Å². The second kappa shape index (κ2) is 13.7. The molecule has 1 aliphatic carbocycles. The number of ether oxygens (including phenoxy) is 3. The Balaban J connectivity index is 0.00000101. The summed E-state index contributed by atoms with van der Waals surface area (Å²) in [6, 6.07) is 0. The molecule has 2 N–H and O–H groups in total. The Kier molecular flexibility index (Phi) is 11.7. The molecular formula is C24H37N3O6. The average Bonchev–Trinajstić information content (AvgIpc) is 3.10. The van der Waals surface area contributed by atoms with Gasteiger partial charge in [-0.3, -0.25) is 9.59 Å². The zero-order valence-electron chi connectivity index (χ0n) is 20.7. The van der Waals surface area contributed by atoms with Crippen molar-refractivity contribution in [2.24, 2.45) is 5.73 Å². The van der Waals surface area contributed by atoms with Crippen molar-refractivity contribution in [1.82, 2.24) is 9.55 Å². The molecule has 9 nitrogen and oxygen atoms in total. The average molecular weight is 464 g/mol. The number of hydrogen-bond acceptors (Lipinski definition) is 8. The van der Waals surface area contributed by atoms with E-state index in [1.165, 1.54) is 26.3 Å². The van der Waals surface area contributed by atoms with Crippen LogP contribution < -0.4 is 5.73 Å². The summed E-state index contributed by atoms with van der Waals surface area (Å²) in [4.78, 5) is 36.5. The van der Waals surface area contributed by atoms with Crippen LogP contribution in [-0.4, -0.2) is 52.6 Å². The lowest BCUT2D eigenvalue weighted by Crippen LogP contribution is -2.53. The van der Waals surface area contributed by atoms with Gasteiger partial charge in [0.2, 0.25) is 0 Å². The minimum atomic E-state index is -0.744. The van der Waals surface area contributed by atoms with Crippen LogP contribution in [-0.2, 0) is 35.0 Å². The highest BCUT2D eigenvalue weighted by atomic mass is 16.6. The number of rotatable bonds is 4. The summed E-state index contributed by atoms with van der Waals surface area (Å²) in [5.41, 5.74) is 10.2. The summed E-state index contributed by atoms with van der Waals surface area (Å²) in [6.07, 6.45) is 5.35. The van der Waals surface area contributed by atoms with Crippen LogP contribution in [0.15, 0.2) is 23.5 Å². The minimum Gasteiger partial charge on any atom is -0.458 e. The van der Waals surface area contributed by atoms with Crippen LogP contribution in [0.2, 0.25) is 0 Å². The van der Waals surface area contributed by atoms with E-state index in [9.17, 15) is 9.59 Å². The summed E-state index contributed by atoms with van der Waals surface area (Å²) in [5, 5.41) is 0.